The molecule has 0 aliphatic carbocycles. The molecule has 0 atom stereocenters. The molecule has 23 heavy (non-hydrogen) atoms. The Labute approximate surface area is 133 Å². The summed E-state index contributed by atoms with van der Waals surface area (Å²) >= 11 is 0. The van der Waals surface area contributed by atoms with E-state index in [1.807, 2.05) is 0 Å². The van der Waals surface area contributed by atoms with Gasteiger partial charge in [0.25, 0.3) is 0 Å². The van der Waals surface area contributed by atoms with Crippen LogP contribution in [0.15, 0.2) is 18.3 Å². The van der Waals surface area contributed by atoms with Crippen molar-refractivity contribution in [2.45, 2.75) is 6.54 Å². The Morgan fingerprint density at radius 3 is 2.70 bits per heavy atom. The third-order valence-electron chi connectivity index (χ3n) is 2.83. The van der Waals surface area contributed by atoms with Crippen LogP contribution in [0.25, 0.3) is 0 Å². The second kappa shape index (κ2) is 9.36. The highest BCUT2D eigenvalue weighted by Gasteiger charge is 2.21. The number of methoxy groups -OCH3 is 2. The summed E-state index contributed by atoms with van der Waals surface area (Å²) in [4.78, 5) is 40.9. The Kier molecular flexibility index (Phi) is 7.48. The van der Waals surface area contributed by atoms with Crippen molar-refractivity contribution in [3.8, 4) is 0 Å². The molecule has 0 unspecified atom stereocenters. The Morgan fingerprint density at radius 1 is 1.35 bits per heavy atom. The second-order valence-corrected chi connectivity index (χ2v) is 4.45. The Balaban J connectivity index is 2.98. The van der Waals surface area contributed by atoms with Crippen molar-refractivity contribution in [1.82, 2.24) is 9.88 Å². The summed E-state index contributed by atoms with van der Waals surface area (Å²) in [7, 11) is 4.12. The molecule has 0 fully saturated rings. The van der Waals surface area contributed by atoms with Gasteiger partial charge in [0.1, 0.15) is 12.4 Å². The molecule has 126 valence electrons. The quantitative estimate of drug-likeness (QED) is 0.387. The molecule has 0 aliphatic rings. The lowest BCUT2D eigenvalue weighted by Crippen LogP contribution is -2.37. The number of carbonyl (C=O) groups is 3. The molecule has 1 heterocycles. The fourth-order valence-electron chi connectivity index (χ4n) is 1.73. The molecule has 1 aromatic rings. The molecule has 0 N–H and O–H groups in total. The highest BCUT2D eigenvalue weighted by molar-refractivity contribution is 5.78. The van der Waals surface area contributed by atoms with E-state index in [2.05, 4.69) is 14.5 Å². The molecular formula is C14H19N3O6. The van der Waals surface area contributed by atoms with Gasteiger partial charge in [-0.1, -0.05) is 6.07 Å². The fourth-order valence-corrected chi connectivity index (χ4v) is 1.73. The van der Waals surface area contributed by atoms with Crippen LogP contribution in [-0.2, 0) is 30.3 Å². The van der Waals surface area contributed by atoms with Crippen LogP contribution in [0, 0.1) is 0 Å². The van der Waals surface area contributed by atoms with Gasteiger partial charge < -0.3 is 19.1 Å². The van der Waals surface area contributed by atoms with E-state index in [1.165, 1.54) is 32.4 Å². The van der Waals surface area contributed by atoms with Gasteiger partial charge in [-0.25, -0.2) is 9.78 Å². The van der Waals surface area contributed by atoms with Gasteiger partial charge >= 0.3 is 12.1 Å². The Morgan fingerprint density at radius 2 is 2.09 bits per heavy atom. The third-order valence-corrected chi connectivity index (χ3v) is 2.83. The van der Waals surface area contributed by atoms with Crippen molar-refractivity contribution < 1.29 is 28.6 Å². The van der Waals surface area contributed by atoms with Gasteiger partial charge in [0, 0.05) is 25.9 Å². The zero-order valence-corrected chi connectivity index (χ0v) is 13.2. The largest absolute Gasteiger partial charge is 0.468 e. The summed E-state index contributed by atoms with van der Waals surface area (Å²) < 4.78 is 14.1. The summed E-state index contributed by atoms with van der Waals surface area (Å²) in [5.41, 5.74) is 0.570. The zero-order chi connectivity index (χ0) is 17.2. The third kappa shape index (κ3) is 5.55. The first-order chi connectivity index (χ1) is 11.0. The van der Waals surface area contributed by atoms with Gasteiger partial charge in [0.05, 0.1) is 13.7 Å². The van der Waals surface area contributed by atoms with Gasteiger partial charge in [0.15, 0.2) is 6.79 Å². The summed E-state index contributed by atoms with van der Waals surface area (Å²) in [5, 5.41) is 0. The van der Waals surface area contributed by atoms with Crippen LogP contribution in [0.5, 0.6) is 0 Å². The summed E-state index contributed by atoms with van der Waals surface area (Å²) in [5.74, 6) is -0.231. The highest BCUT2D eigenvalue weighted by Crippen LogP contribution is 2.17. The number of esters is 1. The average molecular weight is 325 g/mol. The number of ether oxygens (including phenoxy) is 3. The summed E-state index contributed by atoms with van der Waals surface area (Å²) in [6.07, 6.45) is 1.37. The molecule has 0 saturated heterocycles. The molecule has 0 spiro atoms. The van der Waals surface area contributed by atoms with E-state index in [0.29, 0.717) is 17.8 Å². The van der Waals surface area contributed by atoms with Crippen molar-refractivity contribution in [3.63, 3.8) is 0 Å². The van der Waals surface area contributed by atoms with E-state index in [0.717, 1.165) is 4.90 Å². The summed E-state index contributed by atoms with van der Waals surface area (Å²) in [6.45, 7) is -0.540. The minimum atomic E-state index is -0.749. The van der Waals surface area contributed by atoms with E-state index in [-0.39, 0.29) is 19.9 Å². The minimum Gasteiger partial charge on any atom is -0.468 e. The number of amides is 2. The first kappa shape index (κ1) is 18.4. The fraction of sp³-hybridized carbons (Fsp3) is 0.429. The van der Waals surface area contributed by atoms with Gasteiger partial charge in [-0.05, 0) is 6.07 Å². The maximum atomic E-state index is 12.0. The van der Waals surface area contributed by atoms with Crippen molar-refractivity contribution >= 4 is 24.3 Å². The zero-order valence-electron chi connectivity index (χ0n) is 13.2. The van der Waals surface area contributed by atoms with Crippen LogP contribution in [-0.4, -0.2) is 63.0 Å². The number of hydrogen-bond acceptors (Lipinski definition) is 7. The van der Waals surface area contributed by atoms with E-state index in [4.69, 9.17) is 4.74 Å². The molecule has 1 rings (SSSR count). The van der Waals surface area contributed by atoms with Crippen molar-refractivity contribution in [1.29, 1.82) is 0 Å². The topological polar surface area (TPSA) is 98.3 Å². The lowest BCUT2D eigenvalue weighted by Gasteiger charge is -2.23. The molecule has 0 saturated carbocycles. The van der Waals surface area contributed by atoms with Gasteiger partial charge in [-0.3, -0.25) is 14.5 Å². The van der Waals surface area contributed by atoms with Crippen LogP contribution >= 0.6 is 0 Å². The van der Waals surface area contributed by atoms with E-state index in [1.54, 1.807) is 12.1 Å². The predicted octanol–water partition coefficient (Wildman–Crippen LogP) is 0.390. The van der Waals surface area contributed by atoms with Crippen LogP contribution in [0.2, 0.25) is 0 Å². The minimum absolute atomic E-state index is 0.0129. The molecule has 9 heteroatoms. The molecule has 1 aromatic heterocycles. The lowest BCUT2D eigenvalue weighted by molar-refractivity contribution is -0.142. The van der Waals surface area contributed by atoms with E-state index in [9.17, 15) is 14.4 Å². The van der Waals surface area contributed by atoms with Crippen molar-refractivity contribution in [3.05, 3.63) is 23.9 Å². The Bertz CT molecular complexity index is 551. The number of anilines is 1. The molecular weight excluding hydrogens is 306 g/mol. The van der Waals surface area contributed by atoms with Crippen molar-refractivity contribution in [2.24, 2.45) is 0 Å². The average Bonchev–Trinajstić information content (AvgIpc) is 2.58. The van der Waals surface area contributed by atoms with Gasteiger partial charge in [-0.15, -0.1) is 0 Å². The van der Waals surface area contributed by atoms with Crippen LogP contribution < -0.4 is 4.90 Å². The molecule has 0 radical (unpaired) electrons. The number of nitrogens with zero attached hydrogens (tertiary/aromatic N) is 3. The number of carbonyl (C=O) groups excluding carboxylic acids is 3. The predicted molar refractivity (Wildman–Crippen MR) is 79.5 cm³/mol. The molecule has 2 amide bonds. The van der Waals surface area contributed by atoms with Gasteiger partial charge in [0.2, 0.25) is 6.41 Å². The van der Waals surface area contributed by atoms with E-state index >= 15 is 0 Å². The Hall–Kier alpha value is -2.68. The normalized spacial score (nSPS) is 9.87. The first-order valence-electron chi connectivity index (χ1n) is 6.63. The monoisotopic (exact) mass is 325 g/mol. The smallest absolute Gasteiger partial charge is 0.412 e. The molecule has 0 aliphatic heterocycles. The molecule has 0 bridgehead atoms. The van der Waals surface area contributed by atoms with Crippen molar-refractivity contribution in [2.75, 3.05) is 39.5 Å². The van der Waals surface area contributed by atoms with E-state index < -0.39 is 12.1 Å². The van der Waals surface area contributed by atoms with Crippen LogP contribution in [0.1, 0.15) is 5.56 Å². The molecule has 9 nitrogen and oxygen atoms in total. The van der Waals surface area contributed by atoms with Gasteiger partial charge in [-0.2, -0.15) is 0 Å². The number of aromatic nitrogens is 1. The highest BCUT2D eigenvalue weighted by atomic mass is 16.7. The SMILES string of the molecule is COCOC(=O)N(CC(=O)OC)Cc1cccnc1N(C)C=O. The van der Waals surface area contributed by atoms with Crippen LogP contribution in [0.4, 0.5) is 10.6 Å². The number of hydrogen-bond donors (Lipinski definition) is 0. The maximum absolute atomic E-state index is 12.0. The first-order valence-corrected chi connectivity index (χ1v) is 6.63. The molecule has 0 aromatic carbocycles. The number of pyridine rings is 1. The van der Waals surface area contributed by atoms with Crippen LogP contribution in [0.3, 0.4) is 0 Å². The summed E-state index contributed by atoms with van der Waals surface area (Å²) in [6, 6.07) is 3.35. The standard InChI is InChI=1S/C14H19N3O6/c1-16(9-18)13-11(5-4-6-15-13)7-17(8-12(19)22-3)14(20)23-10-21-2/h4-6,9H,7-8,10H2,1-3H3. The second-order valence-electron chi connectivity index (χ2n) is 4.45. The maximum Gasteiger partial charge on any atom is 0.412 e. The lowest BCUT2D eigenvalue weighted by atomic mass is 10.2. The number of rotatable bonds is 8.